The molecule has 2 heterocycles. The van der Waals surface area contributed by atoms with Crippen LogP contribution >= 0.6 is 0 Å². The highest BCUT2D eigenvalue weighted by molar-refractivity contribution is 5.65. The molecule has 0 saturated carbocycles. The van der Waals surface area contributed by atoms with Gasteiger partial charge in [0.25, 0.3) is 0 Å². The van der Waals surface area contributed by atoms with Crippen LogP contribution in [0.4, 0.5) is 0 Å². The number of para-hydroxylation sites is 1. The van der Waals surface area contributed by atoms with Gasteiger partial charge in [-0.2, -0.15) is 9.61 Å². The Morgan fingerprint density at radius 3 is 2.82 bits per heavy atom. The van der Waals surface area contributed by atoms with E-state index in [1.54, 1.807) is 17.8 Å². The van der Waals surface area contributed by atoms with E-state index in [0.717, 1.165) is 11.3 Å². The summed E-state index contributed by atoms with van der Waals surface area (Å²) in [6.45, 7) is 0. The molecule has 0 N–H and O–H groups in total. The molecule has 0 amide bonds. The van der Waals surface area contributed by atoms with E-state index < -0.39 is 0 Å². The molecule has 2 aromatic heterocycles. The van der Waals surface area contributed by atoms with Crippen molar-refractivity contribution >= 4 is 5.65 Å². The number of ether oxygens (including phenoxy) is 1. The summed E-state index contributed by atoms with van der Waals surface area (Å²) in [4.78, 5) is 0. The number of benzene rings is 1. The van der Waals surface area contributed by atoms with Crippen LogP contribution in [0.2, 0.25) is 0 Å². The summed E-state index contributed by atoms with van der Waals surface area (Å²) in [6.07, 6.45) is 1.70. The van der Waals surface area contributed by atoms with Gasteiger partial charge in [-0.15, -0.1) is 10.2 Å². The molecule has 0 bridgehead atoms. The fourth-order valence-electron chi connectivity index (χ4n) is 1.74. The predicted octanol–water partition coefficient (Wildman–Crippen LogP) is 1.80. The monoisotopic (exact) mass is 226 g/mol. The first kappa shape index (κ1) is 9.77. The van der Waals surface area contributed by atoms with Crippen molar-refractivity contribution in [2.75, 3.05) is 7.11 Å². The van der Waals surface area contributed by atoms with Crippen LogP contribution in [-0.2, 0) is 0 Å². The Bertz CT molecular complexity index is 662. The van der Waals surface area contributed by atoms with Gasteiger partial charge in [-0.05, 0) is 24.3 Å². The normalized spacial score (nSPS) is 10.6. The lowest BCUT2D eigenvalue weighted by atomic mass is 10.2. The van der Waals surface area contributed by atoms with Crippen molar-refractivity contribution in [3.8, 4) is 17.1 Å². The Morgan fingerprint density at radius 1 is 1.06 bits per heavy atom. The number of hydrogen-bond acceptors (Lipinski definition) is 4. The molecule has 0 aliphatic rings. The summed E-state index contributed by atoms with van der Waals surface area (Å²) < 4.78 is 7.00. The SMILES string of the molecule is COc1ccccc1-c1nnc2cccnn12. The maximum absolute atomic E-state index is 5.31. The molecule has 0 unspecified atom stereocenters. The van der Waals surface area contributed by atoms with Crippen LogP contribution in [-0.4, -0.2) is 26.9 Å². The van der Waals surface area contributed by atoms with Gasteiger partial charge < -0.3 is 4.74 Å². The summed E-state index contributed by atoms with van der Waals surface area (Å²) in [5.41, 5.74) is 1.59. The van der Waals surface area contributed by atoms with Crippen LogP contribution in [0.15, 0.2) is 42.6 Å². The van der Waals surface area contributed by atoms with E-state index in [9.17, 15) is 0 Å². The Hall–Kier alpha value is -2.43. The Kier molecular flexibility index (Phi) is 2.22. The standard InChI is InChI=1S/C12H10N4O/c1-17-10-6-3-2-5-9(10)12-15-14-11-7-4-8-13-16(11)12/h2-8H,1H3. The molecule has 0 radical (unpaired) electrons. The Labute approximate surface area is 97.7 Å². The lowest BCUT2D eigenvalue weighted by Gasteiger charge is -2.05. The van der Waals surface area contributed by atoms with Crippen molar-refractivity contribution in [2.45, 2.75) is 0 Å². The zero-order valence-electron chi connectivity index (χ0n) is 9.24. The van der Waals surface area contributed by atoms with E-state index in [2.05, 4.69) is 15.3 Å². The molecule has 0 saturated heterocycles. The molecule has 0 spiro atoms. The van der Waals surface area contributed by atoms with Crippen molar-refractivity contribution < 1.29 is 4.74 Å². The molecule has 1 aromatic carbocycles. The van der Waals surface area contributed by atoms with Gasteiger partial charge in [0.05, 0.1) is 12.7 Å². The zero-order valence-corrected chi connectivity index (χ0v) is 9.24. The summed E-state index contributed by atoms with van der Waals surface area (Å²) >= 11 is 0. The van der Waals surface area contributed by atoms with Gasteiger partial charge in [0.15, 0.2) is 11.5 Å². The van der Waals surface area contributed by atoms with Crippen LogP contribution in [0.1, 0.15) is 0 Å². The number of hydrogen-bond donors (Lipinski definition) is 0. The van der Waals surface area contributed by atoms with Crippen LogP contribution in [0, 0.1) is 0 Å². The molecular formula is C12H10N4O. The second-order valence-corrected chi connectivity index (χ2v) is 3.52. The van der Waals surface area contributed by atoms with Gasteiger partial charge >= 0.3 is 0 Å². The molecule has 0 aliphatic carbocycles. The van der Waals surface area contributed by atoms with Crippen LogP contribution in [0.3, 0.4) is 0 Å². The highest BCUT2D eigenvalue weighted by Crippen LogP contribution is 2.27. The number of methoxy groups -OCH3 is 1. The minimum Gasteiger partial charge on any atom is -0.496 e. The molecule has 5 nitrogen and oxygen atoms in total. The molecular weight excluding hydrogens is 216 g/mol. The van der Waals surface area contributed by atoms with E-state index in [-0.39, 0.29) is 0 Å². The first-order chi connectivity index (χ1) is 8.40. The first-order valence-electron chi connectivity index (χ1n) is 5.20. The van der Waals surface area contributed by atoms with E-state index >= 15 is 0 Å². The highest BCUT2D eigenvalue weighted by Gasteiger charge is 2.12. The summed E-state index contributed by atoms with van der Waals surface area (Å²) in [5, 5.41) is 12.4. The molecule has 0 aliphatic heterocycles. The van der Waals surface area contributed by atoms with Gasteiger partial charge in [0.2, 0.25) is 0 Å². The summed E-state index contributed by atoms with van der Waals surface area (Å²) in [6, 6.07) is 11.4. The van der Waals surface area contributed by atoms with Crippen LogP contribution in [0.5, 0.6) is 5.75 Å². The summed E-state index contributed by atoms with van der Waals surface area (Å²) in [7, 11) is 1.63. The van der Waals surface area contributed by atoms with Crippen LogP contribution in [0.25, 0.3) is 17.0 Å². The van der Waals surface area contributed by atoms with Crippen molar-refractivity contribution in [3.63, 3.8) is 0 Å². The molecule has 3 rings (SSSR count). The quantitative estimate of drug-likeness (QED) is 0.668. The number of aromatic nitrogens is 4. The Morgan fingerprint density at radius 2 is 1.94 bits per heavy atom. The lowest BCUT2D eigenvalue weighted by molar-refractivity contribution is 0.416. The van der Waals surface area contributed by atoms with Crippen LogP contribution < -0.4 is 4.74 Å². The molecule has 5 heteroatoms. The molecule has 0 atom stereocenters. The van der Waals surface area contributed by atoms with E-state index in [4.69, 9.17) is 4.74 Å². The van der Waals surface area contributed by atoms with E-state index in [0.29, 0.717) is 11.5 Å². The van der Waals surface area contributed by atoms with E-state index in [1.165, 1.54) is 0 Å². The maximum atomic E-state index is 5.31. The maximum Gasteiger partial charge on any atom is 0.189 e. The van der Waals surface area contributed by atoms with Gasteiger partial charge in [-0.3, -0.25) is 0 Å². The smallest absolute Gasteiger partial charge is 0.189 e. The fourth-order valence-corrected chi connectivity index (χ4v) is 1.74. The van der Waals surface area contributed by atoms with Crippen molar-refractivity contribution in [1.82, 2.24) is 19.8 Å². The minimum absolute atomic E-state index is 0.679. The third kappa shape index (κ3) is 1.52. The second kappa shape index (κ2) is 3.86. The molecule has 0 fully saturated rings. The Balaban J connectivity index is 2.27. The number of fused-ring (bicyclic) bond motifs is 1. The highest BCUT2D eigenvalue weighted by atomic mass is 16.5. The van der Waals surface area contributed by atoms with Crippen molar-refractivity contribution in [3.05, 3.63) is 42.6 Å². The average Bonchev–Trinajstić information content (AvgIpc) is 2.82. The second-order valence-electron chi connectivity index (χ2n) is 3.52. The number of nitrogens with zero attached hydrogens (tertiary/aromatic N) is 4. The lowest BCUT2D eigenvalue weighted by Crippen LogP contribution is -1.95. The molecule has 3 aromatic rings. The van der Waals surface area contributed by atoms with Crippen molar-refractivity contribution in [2.24, 2.45) is 0 Å². The van der Waals surface area contributed by atoms with Gasteiger partial charge in [-0.1, -0.05) is 12.1 Å². The molecule has 17 heavy (non-hydrogen) atoms. The topological polar surface area (TPSA) is 52.3 Å². The zero-order chi connectivity index (χ0) is 11.7. The largest absolute Gasteiger partial charge is 0.496 e. The first-order valence-corrected chi connectivity index (χ1v) is 5.20. The predicted molar refractivity (Wildman–Crippen MR) is 62.8 cm³/mol. The van der Waals surface area contributed by atoms with Gasteiger partial charge in [0, 0.05) is 6.20 Å². The number of rotatable bonds is 2. The average molecular weight is 226 g/mol. The third-order valence-electron chi connectivity index (χ3n) is 2.53. The third-order valence-corrected chi connectivity index (χ3v) is 2.53. The van der Waals surface area contributed by atoms with E-state index in [1.807, 2.05) is 36.4 Å². The molecule has 84 valence electrons. The van der Waals surface area contributed by atoms with Gasteiger partial charge in [-0.25, -0.2) is 0 Å². The van der Waals surface area contributed by atoms with Gasteiger partial charge in [0.1, 0.15) is 5.75 Å². The fraction of sp³-hybridized carbons (Fsp3) is 0.0833. The van der Waals surface area contributed by atoms with Crippen molar-refractivity contribution in [1.29, 1.82) is 0 Å². The summed E-state index contributed by atoms with van der Waals surface area (Å²) in [5.74, 6) is 1.44. The minimum atomic E-state index is 0.679.